The van der Waals surface area contributed by atoms with E-state index in [9.17, 15) is 13.2 Å². The number of pyridine rings is 1. The number of halogens is 3. The van der Waals surface area contributed by atoms with Crippen LogP contribution >= 0.6 is 0 Å². The second kappa shape index (κ2) is 5.44. The number of alkyl halides is 3. The maximum Gasteiger partial charge on any atom is 0.433 e. The zero-order chi connectivity index (χ0) is 15.6. The minimum Gasteiger partial charge on any atom is -0.497 e. The minimum absolute atomic E-state index is 0.00525. The molecule has 0 saturated heterocycles. The van der Waals surface area contributed by atoms with Gasteiger partial charge in [0.15, 0.2) is 0 Å². The van der Waals surface area contributed by atoms with Gasteiger partial charge in [-0.15, -0.1) is 0 Å². The summed E-state index contributed by atoms with van der Waals surface area (Å²) < 4.78 is 43.4. The van der Waals surface area contributed by atoms with Gasteiger partial charge in [-0.25, -0.2) is 4.98 Å². The van der Waals surface area contributed by atoms with Crippen LogP contribution in [-0.2, 0) is 6.18 Å². The lowest BCUT2D eigenvalue weighted by Gasteiger charge is -2.11. The molecule has 0 saturated carbocycles. The molecule has 0 unspecified atom stereocenters. The van der Waals surface area contributed by atoms with Crippen molar-refractivity contribution < 1.29 is 17.9 Å². The van der Waals surface area contributed by atoms with Crippen molar-refractivity contribution in [2.45, 2.75) is 13.1 Å². The maximum absolute atomic E-state index is 12.8. The SMILES string of the molecule is COc1cc(C)cc(-c2nc(C(F)(F)F)ccc2C#N)c1. The molecule has 6 heteroatoms. The van der Waals surface area contributed by atoms with Gasteiger partial charge in [-0.05, 0) is 42.8 Å². The Kier molecular flexibility index (Phi) is 3.85. The van der Waals surface area contributed by atoms with Gasteiger partial charge >= 0.3 is 6.18 Å². The molecule has 0 aliphatic heterocycles. The Hall–Kier alpha value is -2.55. The van der Waals surface area contributed by atoms with Crippen molar-refractivity contribution >= 4 is 0 Å². The van der Waals surface area contributed by atoms with E-state index in [1.807, 2.05) is 6.07 Å². The Morgan fingerprint density at radius 2 is 1.90 bits per heavy atom. The summed E-state index contributed by atoms with van der Waals surface area (Å²) in [5.74, 6) is 0.494. The van der Waals surface area contributed by atoms with Gasteiger partial charge in [0, 0.05) is 5.56 Å². The van der Waals surface area contributed by atoms with Crippen molar-refractivity contribution in [3.8, 4) is 23.1 Å². The summed E-state index contributed by atoms with van der Waals surface area (Å²) in [6, 6.07) is 8.73. The lowest BCUT2D eigenvalue weighted by molar-refractivity contribution is -0.141. The fourth-order valence-corrected chi connectivity index (χ4v) is 1.93. The van der Waals surface area contributed by atoms with Crippen molar-refractivity contribution in [3.05, 3.63) is 47.2 Å². The molecular weight excluding hydrogens is 281 g/mol. The van der Waals surface area contributed by atoms with Gasteiger partial charge < -0.3 is 4.74 Å². The van der Waals surface area contributed by atoms with Gasteiger partial charge in [0.05, 0.1) is 18.4 Å². The smallest absolute Gasteiger partial charge is 0.433 e. The number of benzene rings is 1. The first-order valence-corrected chi connectivity index (χ1v) is 5.99. The second-order valence-corrected chi connectivity index (χ2v) is 4.44. The van der Waals surface area contributed by atoms with E-state index >= 15 is 0 Å². The Bertz CT molecular complexity index is 718. The van der Waals surface area contributed by atoms with Crippen LogP contribution in [0.3, 0.4) is 0 Å². The third-order valence-electron chi connectivity index (χ3n) is 2.87. The largest absolute Gasteiger partial charge is 0.497 e. The molecule has 0 fully saturated rings. The number of nitriles is 1. The molecule has 21 heavy (non-hydrogen) atoms. The predicted molar refractivity (Wildman–Crippen MR) is 70.7 cm³/mol. The summed E-state index contributed by atoms with van der Waals surface area (Å²) in [4.78, 5) is 3.60. The number of aromatic nitrogens is 1. The fourth-order valence-electron chi connectivity index (χ4n) is 1.93. The number of ether oxygens (including phenoxy) is 1. The normalized spacial score (nSPS) is 11.0. The Labute approximate surface area is 119 Å². The first-order chi connectivity index (χ1) is 9.85. The van der Waals surface area contributed by atoms with E-state index in [1.165, 1.54) is 7.11 Å². The standard InChI is InChI=1S/C15H11F3N2O/c1-9-5-11(7-12(6-9)21-2)14-10(8-19)3-4-13(20-14)15(16,17)18/h3-7H,1-2H3. The van der Waals surface area contributed by atoms with E-state index in [0.29, 0.717) is 11.3 Å². The number of methoxy groups -OCH3 is 1. The molecular formula is C15H11F3N2O. The summed E-state index contributed by atoms with van der Waals surface area (Å²) >= 11 is 0. The Morgan fingerprint density at radius 1 is 1.19 bits per heavy atom. The minimum atomic E-state index is -4.56. The van der Waals surface area contributed by atoms with Crippen molar-refractivity contribution in [1.82, 2.24) is 4.98 Å². The van der Waals surface area contributed by atoms with Crippen LogP contribution in [0.1, 0.15) is 16.8 Å². The molecule has 108 valence electrons. The maximum atomic E-state index is 12.8. The lowest BCUT2D eigenvalue weighted by atomic mass is 10.0. The van der Waals surface area contributed by atoms with Crippen LogP contribution < -0.4 is 4.74 Å². The van der Waals surface area contributed by atoms with E-state index in [2.05, 4.69) is 4.98 Å². The van der Waals surface area contributed by atoms with E-state index in [4.69, 9.17) is 10.00 Å². The van der Waals surface area contributed by atoms with Crippen LogP contribution in [0.4, 0.5) is 13.2 Å². The zero-order valence-electron chi connectivity index (χ0n) is 11.3. The summed E-state index contributed by atoms with van der Waals surface area (Å²) in [6.45, 7) is 1.78. The number of aryl methyl sites for hydroxylation is 1. The molecule has 0 spiro atoms. The van der Waals surface area contributed by atoms with Crippen LogP contribution in [0.15, 0.2) is 30.3 Å². The lowest BCUT2D eigenvalue weighted by Crippen LogP contribution is -2.09. The number of rotatable bonds is 2. The average molecular weight is 292 g/mol. The highest BCUT2D eigenvalue weighted by Crippen LogP contribution is 2.32. The van der Waals surface area contributed by atoms with Crippen LogP contribution in [-0.4, -0.2) is 12.1 Å². The molecule has 0 amide bonds. The highest BCUT2D eigenvalue weighted by atomic mass is 19.4. The molecule has 0 aliphatic rings. The van der Waals surface area contributed by atoms with Crippen LogP contribution in [0.2, 0.25) is 0 Å². The molecule has 0 atom stereocenters. The topological polar surface area (TPSA) is 45.9 Å². The number of hydrogen-bond donors (Lipinski definition) is 0. The van der Waals surface area contributed by atoms with Crippen LogP contribution in [0, 0.1) is 18.3 Å². The third-order valence-corrected chi connectivity index (χ3v) is 2.87. The van der Waals surface area contributed by atoms with Gasteiger partial charge in [-0.2, -0.15) is 18.4 Å². The highest BCUT2D eigenvalue weighted by molar-refractivity contribution is 5.69. The van der Waals surface area contributed by atoms with Crippen molar-refractivity contribution in [2.75, 3.05) is 7.11 Å². The molecule has 0 N–H and O–H groups in total. The molecule has 2 rings (SSSR count). The molecule has 2 aromatic rings. The molecule has 1 aromatic heterocycles. The van der Waals surface area contributed by atoms with Crippen molar-refractivity contribution in [2.24, 2.45) is 0 Å². The first kappa shape index (κ1) is 14.9. The van der Waals surface area contributed by atoms with Crippen LogP contribution in [0.5, 0.6) is 5.75 Å². The molecule has 1 aromatic carbocycles. The number of hydrogen-bond acceptors (Lipinski definition) is 3. The fraction of sp³-hybridized carbons (Fsp3) is 0.200. The molecule has 0 radical (unpaired) electrons. The highest BCUT2D eigenvalue weighted by Gasteiger charge is 2.33. The predicted octanol–water partition coefficient (Wildman–Crippen LogP) is 3.96. The van der Waals surface area contributed by atoms with E-state index in [0.717, 1.165) is 17.7 Å². The molecule has 1 heterocycles. The molecule has 0 aliphatic carbocycles. The van der Waals surface area contributed by atoms with E-state index in [1.54, 1.807) is 25.1 Å². The quantitative estimate of drug-likeness (QED) is 0.841. The summed E-state index contributed by atoms with van der Waals surface area (Å²) in [5, 5.41) is 9.07. The monoisotopic (exact) mass is 292 g/mol. The van der Waals surface area contributed by atoms with E-state index < -0.39 is 11.9 Å². The van der Waals surface area contributed by atoms with Gasteiger partial charge in [-0.1, -0.05) is 0 Å². The average Bonchev–Trinajstić information content (AvgIpc) is 2.44. The van der Waals surface area contributed by atoms with Gasteiger partial charge in [0.2, 0.25) is 0 Å². The van der Waals surface area contributed by atoms with Gasteiger partial charge in [0.1, 0.15) is 17.5 Å². The Balaban J connectivity index is 2.67. The molecule has 3 nitrogen and oxygen atoms in total. The third kappa shape index (κ3) is 3.14. The van der Waals surface area contributed by atoms with Crippen molar-refractivity contribution in [3.63, 3.8) is 0 Å². The van der Waals surface area contributed by atoms with E-state index in [-0.39, 0.29) is 11.3 Å². The summed E-state index contributed by atoms with van der Waals surface area (Å²) in [7, 11) is 1.46. The van der Waals surface area contributed by atoms with Gasteiger partial charge in [-0.3, -0.25) is 0 Å². The first-order valence-electron chi connectivity index (χ1n) is 5.99. The second-order valence-electron chi connectivity index (χ2n) is 4.44. The zero-order valence-corrected chi connectivity index (χ0v) is 11.3. The van der Waals surface area contributed by atoms with Crippen molar-refractivity contribution in [1.29, 1.82) is 5.26 Å². The molecule has 0 bridgehead atoms. The summed E-state index contributed by atoms with van der Waals surface area (Å²) in [6.07, 6.45) is -4.56. The van der Waals surface area contributed by atoms with Gasteiger partial charge in [0.25, 0.3) is 0 Å². The summed E-state index contributed by atoms with van der Waals surface area (Å²) in [5.41, 5.74) is 0.254. The van der Waals surface area contributed by atoms with Crippen LogP contribution in [0.25, 0.3) is 11.3 Å². The Morgan fingerprint density at radius 3 is 2.48 bits per heavy atom. The number of nitrogens with zero attached hydrogens (tertiary/aromatic N) is 2.